The third-order valence-electron chi connectivity index (χ3n) is 2.93. The number of aromatic nitrogens is 2. The molecule has 0 aliphatic carbocycles. The van der Waals surface area contributed by atoms with Crippen LogP contribution in [0.4, 0.5) is 4.39 Å². The largest absolute Gasteiger partial charge is 0.331 e. The van der Waals surface area contributed by atoms with Crippen LogP contribution in [0.2, 0.25) is 0 Å². The fourth-order valence-corrected chi connectivity index (χ4v) is 2.12. The molecule has 3 nitrogen and oxygen atoms in total. The molecule has 4 heteroatoms. The van der Waals surface area contributed by atoms with Crippen LogP contribution in [0, 0.1) is 12.7 Å². The summed E-state index contributed by atoms with van der Waals surface area (Å²) < 4.78 is 15.1. The van der Waals surface area contributed by atoms with Gasteiger partial charge in [-0.15, -0.1) is 0 Å². The van der Waals surface area contributed by atoms with Crippen LogP contribution in [-0.2, 0) is 0 Å². The first-order valence-corrected chi connectivity index (χ1v) is 5.63. The third-order valence-corrected chi connectivity index (χ3v) is 2.93. The molecule has 0 radical (unpaired) electrons. The summed E-state index contributed by atoms with van der Waals surface area (Å²) in [4.78, 5) is 14.5. The van der Waals surface area contributed by atoms with Gasteiger partial charge in [0.1, 0.15) is 11.3 Å². The normalized spacial score (nSPS) is 11.0. The van der Waals surface area contributed by atoms with Crippen molar-refractivity contribution in [2.45, 2.75) is 6.92 Å². The van der Waals surface area contributed by atoms with Gasteiger partial charge in [-0.05, 0) is 36.8 Å². The summed E-state index contributed by atoms with van der Waals surface area (Å²) in [5.41, 5.74) is 2.23. The van der Waals surface area contributed by atoms with Gasteiger partial charge in [-0.25, -0.2) is 9.18 Å². The fraction of sp³-hybridized carbons (Fsp3) is 0.0714. The molecule has 0 saturated heterocycles. The minimum absolute atomic E-state index is 0.240. The molecular weight excluding hydrogens is 231 g/mol. The van der Waals surface area contributed by atoms with Gasteiger partial charge in [0.05, 0.1) is 11.2 Å². The number of benzene rings is 2. The molecule has 3 rings (SSSR count). The Labute approximate surface area is 103 Å². The SMILES string of the molecule is Cc1cccc(-n2c(=O)[nH]c3c(F)cccc32)c1. The second kappa shape index (κ2) is 3.84. The maximum absolute atomic E-state index is 13.6. The quantitative estimate of drug-likeness (QED) is 0.700. The molecule has 3 aromatic rings. The summed E-state index contributed by atoms with van der Waals surface area (Å²) in [6.45, 7) is 1.95. The number of aromatic amines is 1. The molecular formula is C14H11FN2O. The number of aryl methyl sites for hydroxylation is 1. The van der Waals surface area contributed by atoms with E-state index in [1.807, 2.05) is 31.2 Å². The standard InChI is InChI=1S/C14H11FN2O/c1-9-4-2-5-10(8-9)17-12-7-3-6-11(15)13(12)16-14(17)18/h2-8H,1H3,(H,16,18). The summed E-state index contributed by atoms with van der Waals surface area (Å²) >= 11 is 0. The van der Waals surface area contributed by atoms with Gasteiger partial charge in [0.2, 0.25) is 0 Å². The molecule has 90 valence electrons. The van der Waals surface area contributed by atoms with Gasteiger partial charge in [-0.2, -0.15) is 0 Å². The van der Waals surface area contributed by atoms with Crippen LogP contribution >= 0.6 is 0 Å². The Morgan fingerprint density at radius 2 is 1.94 bits per heavy atom. The smallest absolute Gasteiger partial charge is 0.303 e. The fourth-order valence-electron chi connectivity index (χ4n) is 2.12. The highest BCUT2D eigenvalue weighted by Crippen LogP contribution is 2.18. The number of para-hydroxylation sites is 1. The monoisotopic (exact) mass is 242 g/mol. The Balaban J connectivity index is 2.39. The third kappa shape index (κ3) is 1.54. The minimum atomic E-state index is -0.420. The van der Waals surface area contributed by atoms with Gasteiger partial charge < -0.3 is 4.98 Å². The lowest BCUT2D eigenvalue weighted by Crippen LogP contribution is -2.14. The summed E-state index contributed by atoms with van der Waals surface area (Å²) in [7, 11) is 0. The zero-order chi connectivity index (χ0) is 12.7. The Hall–Kier alpha value is -2.36. The van der Waals surface area contributed by atoms with Gasteiger partial charge in [0.25, 0.3) is 0 Å². The highest BCUT2D eigenvalue weighted by molar-refractivity contribution is 5.77. The second-order valence-corrected chi connectivity index (χ2v) is 4.24. The summed E-state index contributed by atoms with van der Waals surface area (Å²) in [6, 6.07) is 12.2. The average Bonchev–Trinajstić information content (AvgIpc) is 2.67. The van der Waals surface area contributed by atoms with E-state index in [4.69, 9.17) is 0 Å². The maximum Gasteiger partial charge on any atom is 0.331 e. The predicted octanol–water partition coefficient (Wildman–Crippen LogP) is 2.77. The van der Waals surface area contributed by atoms with Crippen LogP contribution in [0.1, 0.15) is 5.56 Å². The molecule has 1 aromatic heterocycles. The van der Waals surface area contributed by atoms with Crippen LogP contribution in [0.3, 0.4) is 0 Å². The molecule has 0 amide bonds. The van der Waals surface area contributed by atoms with E-state index in [0.29, 0.717) is 5.52 Å². The van der Waals surface area contributed by atoms with Crippen LogP contribution < -0.4 is 5.69 Å². The lowest BCUT2D eigenvalue weighted by atomic mass is 10.2. The second-order valence-electron chi connectivity index (χ2n) is 4.24. The van der Waals surface area contributed by atoms with Crippen molar-refractivity contribution in [2.75, 3.05) is 0 Å². The van der Waals surface area contributed by atoms with E-state index in [0.717, 1.165) is 11.3 Å². The molecule has 1 heterocycles. The highest BCUT2D eigenvalue weighted by Gasteiger charge is 2.11. The number of halogens is 1. The molecule has 0 aliphatic heterocycles. The highest BCUT2D eigenvalue weighted by atomic mass is 19.1. The number of hydrogen-bond donors (Lipinski definition) is 1. The number of H-pyrrole nitrogens is 1. The van der Waals surface area contributed by atoms with E-state index in [1.165, 1.54) is 10.6 Å². The molecule has 0 aliphatic rings. The zero-order valence-electron chi connectivity index (χ0n) is 9.77. The van der Waals surface area contributed by atoms with E-state index in [9.17, 15) is 9.18 Å². The van der Waals surface area contributed by atoms with Crippen molar-refractivity contribution >= 4 is 11.0 Å². The zero-order valence-corrected chi connectivity index (χ0v) is 9.77. The average molecular weight is 242 g/mol. The molecule has 1 N–H and O–H groups in total. The van der Waals surface area contributed by atoms with Crippen LogP contribution in [0.15, 0.2) is 47.3 Å². The number of hydrogen-bond acceptors (Lipinski definition) is 1. The van der Waals surface area contributed by atoms with Gasteiger partial charge in [0.15, 0.2) is 0 Å². The minimum Gasteiger partial charge on any atom is -0.303 e. The maximum atomic E-state index is 13.6. The van der Waals surface area contributed by atoms with Crippen LogP contribution in [0.25, 0.3) is 16.7 Å². The molecule has 0 bridgehead atoms. The Morgan fingerprint density at radius 3 is 2.72 bits per heavy atom. The molecule has 0 unspecified atom stereocenters. The number of imidazole rings is 1. The van der Waals surface area contributed by atoms with Crippen molar-refractivity contribution in [2.24, 2.45) is 0 Å². The molecule has 0 atom stereocenters. The van der Waals surface area contributed by atoms with Crippen molar-refractivity contribution in [3.8, 4) is 5.69 Å². The van der Waals surface area contributed by atoms with E-state index in [2.05, 4.69) is 4.98 Å². The first-order chi connectivity index (χ1) is 8.66. The van der Waals surface area contributed by atoms with Crippen molar-refractivity contribution in [3.05, 3.63) is 64.3 Å². The lowest BCUT2D eigenvalue weighted by molar-refractivity contribution is 0.637. The summed E-state index contributed by atoms with van der Waals surface area (Å²) in [6.07, 6.45) is 0. The topological polar surface area (TPSA) is 37.8 Å². The molecule has 0 spiro atoms. The number of nitrogens with zero attached hydrogens (tertiary/aromatic N) is 1. The van der Waals surface area contributed by atoms with Gasteiger partial charge in [0, 0.05) is 0 Å². The van der Waals surface area contributed by atoms with Crippen molar-refractivity contribution in [1.29, 1.82) is 0 Å². The van der Waals surface area contributed by atoms with Gasteiger partial charge in [-0.3, -0.25) is 4.57 Å². The lowest BCUT2D eigenvalue weighted by Gasteiger charge is -2.04. The number of fused-ring (bicyclic) bond motifs is 1. The first kappa shape index (κ1) is 10.8. The van der Waals surface area contributed by atoms with Crippen molar-refractivity contribution in [3.63, 3.8) is 0 Å². The summed E-state index contributed by atoms with van der Waals surface area (Å²) in [5.74, 6) is -0.420. The molecule has 18 heavy (non-hydrogen) atoms. The van der Waals surface area contributed by atoms with E-state index in [1.54, 1.807) is 12.1 Å². The first-order valence-electron chi connectivity index (χ1n) is 5.63. The Kier molecular flexibility index (Phi) is 2.30. The van der Waals surface area contributed by atoms with Gasteiger partial charge >= 0.3 is 5.69 Å². The van der Waals surface area contributed by atoms with E-state index in [-0.39, 0.29) is 11.2 Å². The summed E-state index contributed by atoms with van der Waals surface area (Å²) in [5, 5.41) is 0. The van der Waals surface area contributed by atoms with Crippen molar-refractivity contribution in [1.82, 2.24) is 9.55 Å². The Bertz CT molecular complexity index is 786. The van der Waals surface area contributed by atoms with E-state index < -0.39 is 5.82 Å². The number of rotatable bonds is 1. The van der Waals surface area contributed by atoms with Crippen LogP contribution in [-0.4, -0.2) is 9.55 Å². The number of nitrogens with one attached hydrogen (secondary N) is 1. The van der Waals surface area contributed by atoms with Crippen molar-refractivity contribution < 1.29 is 4.39 Å². The van der Waals surface area contributed by atoms with E-state index >= 15 is 0 Å². The van der Waals surface area contributed by atoms with Crippen LogP contribution in [0.5, 0.6) is 0 Å². The molecule has 0 fully saturated rings. The Morgan fingerprint density at radius 1 is 1.17 bits per heavy atom. The molecule has 2 aromatic carbocycles. The van der Waals surface area contributed by atoms with Gasteiger partial charge in [-0.1, -0.05) is 18.2 Å². The molecule has 0 saturated carbocycles. The predicted molar refractivity (Wildman–Crippen MR) is 68.6 cm³/mol.